The fourth-order valence-electron chi connectivity index (χ4n) is 5.36. The van der Waals surface area contributed by atoms with Crippen molar-refractivity contribution in [1.29, 1.82) is 0 Å². The highest BCUT2D eigenvalue weighted by Crippen LogP contribution is 2.29. The van der Waals surface area contributed by atoms with Gasteiger partial charge in [-0.25, -0.2) is 0 Å². The first-order valence-corrected chi connectivity index (χ1v) is 20.1. The van der Waals surface area contributed by atoms with Gasteiger partial charge in [-0.2, -0.15) is 0 Å². The fraction of sp³-hybridized carbons (Fsp3) is 0.500. The highest BCUT2D eigenvalue weighted by molar-refractivity contribution is 5.65. The Hall–Kier alpha value is -3.12. The van der Waals surface area contributed by atoms with Crippen LogP contribution in [0.2, 0.25) is 0 Å². The largest absolute Gasteiger partial charge is 0.0885 e. The van der Waals surface area contributed by atoms with Gasteiger partial charge < -0.3 is 0 Å². The van der Waals surface area contributed by atoms with E-state index >= 15 is 0 Å². The quantitative estimate of drug-likeness (QED) is 0.247. The number of hydrogen-bond donors (Lipinski definition) is 0. The van der Waals surface area contributed by atoms with E-state index in [0.717, 1.165) is 5.92 Å². The molecule has 3 aromatic carbocycles. The van der Waals surface area contributed by atoms with E-state index in [1.165, 1.54) is 80.9 Å². The smallest absolute Gasteiger partial charge is 0.00180 e. The zero-order valence-electron chi connectivity index (χ0n) is 33.8. The summed E-state index contributed by atoms with van der Waals surface area (Å²) in [4.78, 5) is 0. The normalized spacial score (nSPS) is 16.3. The minimum absolute atomic E-state index is 0.681. The third-order valence-corrected chi connectivity index (χ3v) is 7.46. The molecule has 0 nitrogen and oxygen atoms in total. The third kappa shape index (κ3) is 23.2. The Balaban J connectivity index is -0.000000546. The van der Waals surface area contributed by atoms with E-state index in [-0.39, 0.29) is 0 Å². The van der Waals surface area contributed by atoms with Gasteiger partial charge in [-0.1, -0.05) is 204 Å². The van der Waals surface area contributed by atoms with E-state index in [2.05, 4.69) is 121 Å². The summed E-state index contributed by atoms with van der Waals surface area (Å²) in [5.74, 6) is 1.45. The molecule has 0 spiro atoms. The van der Waals surface area contributed by atoms with Crippen LogP contribution < -0.4 is 0 Å². The number of hydrogen-bond acceptors (Lipinski definition) is 0. The minimum atomic E-state index is 0.681. The molecule has 0 N–H and O–H groups in total. The minimum Gasteiger partial charge on any atom is -0.0885 e. The summed E-state index contributed by atoms with van der Waals surface area (Å²) in [6, 6.07) is 32.3. The molecular weight excluding hydrogens is 577 g/mol. The number of rotatable bonds is 3. The molecule has 0 heteroatoms. The molecular formula is C48H78. The van der Waals surface area contributed by atoms with Crippen molar-refractivity contribution in [2.45, 2.75) is 159 Å². The zero-order valence-corrected chi connectivity index (χ0v) is 33.8. The van der Waals surface area contributed by atoms with Crippen LogP contribution in [0, 0.1) is 0 Å². The van der Waals surface area contributed by atoms with Crippen LogP contribution >= 0.6 is 0 Å². The highest BCUT2D eigenvalue weighted by atomic mass is 14.2. The first kappa shape index (κ1) is 49.3. The fourth-order valence-corrected chi connectivity index (χ4v) is 5.36. The van der Waals surface area contributed by atoms with Crippen molar-refractivity contribution in [2.24, 2.45) is 0 Å². The Kier molecular flexibility index (Phi) is 41.1. The van der Waals surface area contributed by atoms with E-state index < -0.39 is 0 Å². The van der Waals surface area contributed by atoms with Crippen LogP contribution in [0.4, 0.5) is 0 Å². The lowest BCUT2D eigenvalue weighted by molar-refractivity contribution is 0.617. The second-order valence-corrected chi connectivity index (χ2v) is 10.1. The van der Waals surface area contributed by atoms with Crippen LogP contribution in [-0.4, -0.2) is 0 Å². The Labute approximate surface area is 301 Å². The monoisotopic (exact) mass is 655 g/mol. The molecule has 3 aliphatic carbocycles. The van der Waals surface area contributed by atoms with Crippen molar-refractivity contribution in [3.8, 4) is 0 Å². The van der Waals surface area contributed by atoms with Crippen molar-refractivity contribution in [1.82, 2.24) is 0 Å². The van der Waals surface area contributed by atoms with Crippen LogP contribution in [0.5, 0.6) is 0 Å². The molecule has 0 radical (unpaired) electrons. The van der Waals surface area contributed by atoms with Gasteiger partial charge in [-0.15, -0.1) is 0 Å². The lowest BCUT2D eigenvalue weighted by atomic mass is 9.88. The summed E-state index contributed by atoms with van der Waals surface area (Å²) in [5, 5.41) is 0. The van der Waals surface area contributed by atoms with E-state index in [1.807, 2.05) is 83.1 Å². The van der Waals surface area contributed by atoms with E-state index in [0.29, 0.717) is 5.92 Å². The Morgan fingerprint density at radius 1 is 0.438 bits per heavy atom. The molecule has 0 heterocycles. The maximum absolute atomic E-state index is 2.39. The van der Waals surface area contributed by atoms with E-state index in [9.17, 15) is 0 Å². The van der Waals surface area contributed by atoms with Crippen LogP contribution in [0.3, 0.4) is 0 Å². The topological polar surface area (TPSA) is 0 Å². The number of benzene rings is 3. The average molecular weight is 655 g/mol. The van der Waals surface area contributed by atoms with Gasteiger partial charge in [0.15, 0.2) is 0 Å². The summed E-state index contributed by atoms with van der Waals surface area (Å²) < 4.78 is 0. The average Bonchev–Trinajstić information content (AvgIpc) is 3.25. The predicted octanol–water partition coefficient (Wildman–Crippen LogP) is 16.8. The van der Waals surface area contributed by atoms with Crippen LogP contribution in [0.25, 0.3) is 5.57 Å². The van der Waals surface area contributed by atoms with E-state index in [1.54, 1.807) is 5.57 Å². The van der Waals surface area contributed by atoms with Gasteiger partial charge in [0.1, 0.15) is 0 Å². The van der Waals surface area contributed by atoms with Gasteiger partial charge in [-0.05, 0) is 92.4 Å². The lowest BCUT2D eigenvalue weighted by Gasteiger charge is -2.17. The van der Waals surface area contributed by atoms with Gasteiger partial charge in [0.05, 0.1) is 0 Å². The first-order chi connectivity index (χ1) is 23.9. The van der Waals surface area contributed by atoms with Crippen molar-refractivity contribution in [3.63, 3.8) is 0 Å². The molecule has 2 atom stereocenters. The van der Waals surface area contributed by atoms with Gasteiger partial charge >= 0.3 is 0 Å². The van der Waals surface area contributed by atoms with Crippen molar-refractivity contribution in [3.05, 3.63) is 138 Å². The molecule has 3 aliphatic rings. The lowest BCUT2D eigenvalue weighted by Crippen LogP contribution is -1.99. The standard InChI is InChI=1S/3C12H14.6C2H6/c3*1-3-7-11(8-4-1)12-9-5-2-6-10-12;6*1-2/h1,3-4,7-9H,2,5-6,10H2;1,3-5,7-9,12H,2,6,10H2;1-5,7-8,12H,6,9-10H2;6*1-2H3. The SMILES string of the molecule is C1=C(c2ccccc2)CCCC1.C1=CC(c2ccccc2)CCC1.C1=CCC(c2ccccc2)CC1.CC.CC.CC.CC.CC.CC. The first-order valence-electron chi connectivity index (χ1n) is 20.1. The molecule has 0 saturated carbocycles. The molecule has 0 fully saturated rings. The summed E-state index contributed by atoms with van der Waals surface area (Å²) >= 11 is 0. The molecule has 2 unspecified atom stereocenters. The third-order valence-electron chi connectivity index (χ3n) is 7.46. The van der Waals surface area contributed by atoms with Crippen molar-refractivity contribution >= 4 is 5.57 Å². The molecule has 0 aromatic heterocycles. The zero-order chi connectivity index (χ0) is 36.7. The predicted molar refractivity (Wildman–Crippen MR) is 225 cm³/mol. The Bertz CT molecular complexity index is 1070. The van der Waals surface area contributed by atoms with Gasteiger partial charge in [-0.3, -0.25) is 0 Å². The van der Waals surface area contributed by atoms with Gasteiger partial charge in [0, 0.05) is 5.92 Å². The molecule has 0 saturated heterocycles. The molecule has 3 aromatic rings. The summed E-state index contributed by atoms with van der Waals surface area (Å²) in [6.45, 7) is 24.0. The number of allylic oxidation sites excluding steroid dienone is 6. The van der Waals surface area contributed by atoms with E-state index in [4.69, 9.17) is 0 Å². The van der Waals surface area contributed by atoms with Gasteiger partial charge in [0.25, 0.3) is 0 Å². The van der Waals surface area contributed by atoms with Crippen LogP contribution in [0.15, 0.2) is 121 Å². The maximum Gasteiger partial charge on any atom is 0.00180 e. The van der Waals surface area contributed by atoms with Crippen LogP contribution in [-0.2, 0) is 0 Å². The van der Waals surface area contributed by atoms with Gasteiger partial charge in [0.2, 0.25) is 0 Å². The maximum atomic E-state index is 2.39. The summed E-state index contributed by atoms with van der Waals surface area (Å²) in [5.41, 5.74) is 5.93. The molecule has 270 valence electrons. The summed E-state index contributed by atoms with van der Waals surface area (Å²) in [6.07, 6.45) is 24.6. The molecule has 0 aliphatic heterocycles. The molecule has 0 amide bonds. The highest BCUT2D eigenvalue weighted by Gasteiger charge is 2.11. The van der Waals surface area contributed by atoms with Crippen molar-refractivity contribution in [2.75, 3.05) is 0 Å². The Morgan fingerprint density at radius 3 is 1.40 bits per heavy atom. The second-order valence-electron chi connectivity index (χ2n) is 10.1. The van der Waals surface area contributed by atoms with Crippen LogP contribution in [0.1, 0.15) is 176 Å². The molecule has 6 rings (SSSR count). The molecule has 48 heavy (non-hydrogen) atoms. The summed E-state index contributed by atoms with van der Waals surface area (Å²) in [7, 11) is 0. The second kappa shape index (κ2) is 40.1. The van der Waals surface area contributed by atoms with Crippen molar-refractivity contribution < 1.29 is 0 Å². The Morgan fingerprint density at radius 2 is 0.958 bits per heavy atom. The molecule has 0 bridgehead atoms.